The Balaban J connectivity index is 1.43. The molecule has 2 aromatic rings. The van der Waals surface area contributed by atoms with E-state index in [0.717, 1.165) is 12.1 Å². The van der Waals surface area contributed by atoms with Gasteiger partial charge in [0.1, 0.15) is 5.75 Å². The van der Waals surface area contributed by atoms with Gasteiger partial charge >= 0.3 is 0 Å². The Morgan fingerprint density at radius 2 is 1.82 bits per heavy atom. The first-order valence-electron chi connectivity index (χ1n) is 11.7. The lowest BCUT2D eigenvalue weighted by Crippen LogP contribution is -2.41. The summed E-state index contributed by atoms with van der Waals surface area (Å²) in [5.74, 6) is -0.197. The largest absolute Gasteiger partial charge is 0.478 e. The average molecular weight is 486 g/mol. The number of hydrogen-bond donors (Lipinski definition) is 2. The van der Waals surface area contributed by atoms with Gasteiger partial charge in [0.2, 0.25) is 15.9 Å². The highest BCUT2D eigenvalue weighted by Gasteiger charge is 2.35. The second kappa shape index (κ2) is 9.76. The van der Waals surface area contributed by atoms with E-state index in [1.807, 2.05) is 31.2 Å². The highest BCUT2D eigenvalue weighted by molar-refractivity contribution is 7.89. The van der Waals surface area contributed by atoms with Crippen LogP contribution in [0.5, 0.6) is 5.75 Å². The van der Waals surface area contributed by atoms with Crippen molar-refractivity contribution < 1.29 is 22.7 Å². The molecule has 2 N–H and O–H groups in total. The second-order valence-electron chi connectivity index (χ2n) is 8.84. The number of rotatable bonds is 6. The van der Waals surface area contributed by atoms with Crippen LogP contribution in [-0.2, 0) is 26.0 Å². The topological polar surface area (TPSA) is 105 Å². The number of carbonyl (C=O) groups is 2. The minimum Gasteiger partial charge on any atom is -0.478 e. The van der Waals surface area contributed by atoms with Crippen LogP contribution in [0.2, 0.25) is 0 Å². The Labute approximate surface area is 200 Å². The summed E-state index contributed by atoms with van der Waals surface area (Å²) in [5, 5.41) is 5.73. The van der Waals surface area contributed by atoms with Crippen molar-refractivity contribution in [2.45, 2.75) is 57.5 Å². The molecule has 1 fully saturated rings. The fourth-order valence-electron chi connectivity index (χ4n) is 4.40. The summed E-state index contributed by atoms with van der Waals surface area (Å²) in [4.78, 5) is 24.9. The summed E-state index contributed by atoms with van der Waals surface area (Å²) in [7, 11) is -3.77. The maximum Gasteiger partial charge on any atom is 0.265 e. The van der Waals surface area contributed by atoms with Gasteiger partial charge in [-0.1, -0.05) is 26.0 Å². The third kappa shape index (κ3) is 4.81. The molecule has 0 aromatic heterocycles. The molecule has 182 valence electrons. The minimum atomic E-state index is -3.77. The summed E-state index contributed by atoms with van der Waals surface area (Å²) in [5.41, 5.74) is 2.97. The number of hydrogen-bond acceptors (Lipinski definition) is 5. The van der Waals surface area contributed by atoms with Gasteiger partial charge in [-0.3, -0.25) is 9.59 Å². The van der Waals surface area contributed by atoms with Crippen LogP contribution in [0.1, 0.15) is 44.2 Å². The highest BCUT2D eigenvalue weighted by Crippen LogP contribution is 2.36. The van der Waals surface area contributed by atoms with Gasteiger partial charge in [0, 0.05) is 30.8 Å². The maximum absolute atomic E-state index is 13.4. The highest BCUT2D eigenvalue weighted by atomic mass is 32.2. The monoisotopic (exact) mass is 485 g/mol. The number of piperidine rings is 1. The van der Waals surface area contributed by atoms with Crippen LogP contribution in [0.15, 0.2) is 41.3 Å². The van der Waals surface area contributed by atoms with E-state index in [1.54, 1.807) is 13.0 Å². The Morgan fingerprint density at radius 3 is 2.44 bits per heavy atom. The molecular formula is C25H31N3O5S. The molecule has 0 bridgehead atoms. The Bertz CT molecular complexity index is 1190. The number of aryl methyl sites for hydroxylation is 2. The van der Waals surface area contributed by atoms with Crippen molar-refractivity contribution in [3.05, 3.63) is 47.5 Å². The molecule has 0 spiro atoms. The smallest absolute Gasteiger partial charge is 0.265 e. The SMILES string of the molecule is CCc1ccc(NC(=O)C2CCN(S(=O)(=O)c3cc4c(cc3C)NC(=O)[C@@H](CC)O4)CC2)cc1. The summed E-state index contributed by atoms with van der Waals surface area (Å²) >= 11 is 0. The van der Waals surface area contributed by atoms with E-state index in [-0.39, 0.29) is 35.7 Å². The molecule has 2 aliphatic heterocycles. The van der Waals surface area contributed by atoms with Gasteiger partial charge in [0.25, 0.3) is 5.91 Å². The van der Waals surface area contributed by atoms with E-state index >= 15 is 0 Å². The molecule has 2 aliphatic rings. The number of anilines is 2. The summed E-state index contributed by atoms with van der Waals surface area (Å²) in [6, 6.07) is 10.9. The molecule has 9 heteroatoms. The molecule has 4 rings (SSSR count). The van der Waals surface area contributed by atoms with E-state index in [0.29, 0.717) is 36.3 Å². The second-order valence-corrected chi connectivity index (χ2v) is 10.7. The lowest BCUT2D eigenvalue weighted by atomic mass is 9.97. The van der Waals surface area contributed by atoms with Crippen LogP contribution in [0.25, 0.3) is 0 Å². The zero-order valence-corrected chi connectivity index (χ0v) is 20.6. The van der Waals surface area contributed by atoms with E-state index in [4.69, 9.17) is 4.74 Å². The van der Waals surface area contributed by atoms with Crippen molar-refractivity contribution in [2.75, 3.05) is 23.7 Å². The van der Waals surface area contributed by atoms with Crippen molar-refractivity contribution in [3.8, 4) is 5.75 Å². The standard InChI is InChI=1S/C25H31N3O5S/c1-4-17-6-8-19(9-7-17)26-24(29)18-10-12-28(13-11-18)34(31,32)23-15-22-20(14-16(23)3)27-25(30)21(5-2)33-22/h6-9,14-15,18,21H,4-5,10-13H2,1-3H3,(H,26,29)(H,27,30)/t21-/m1/s1. The lowest BCUT2D eigenvalue weighted by molar-refractivity contribution is -0.123. The van der Waals surface area contributed by atoms with Gasteiger partial charge < -0.3 is 15.4 Å². The molecule has 0 saturated carbocycles. The summed E-state index contributed by atoms with van der Waals surface area (Å²) in [6.45, 7) is 6.15. The van der Waals surface area contributed by atoms with Gasteiger partial charge in [-0.05, 0) is 61.9 Å². The number of sulfonamides is 1. The van der Waals surface area contributed by atoms with E-state index in [2.05, 4.69) is 17.6 Å². The number of nitrogens with one attached hydrogen (secondary N) is 2. The first-order chi connectivity index (χ1) is 16.2. The first-order valence-corrected chi connectivity index (χ1v) is 13.2. The number of amides is 2. The number of benzene rings is 2. The molecule has 8 nitrogen and oxygen atoms in total. The van der Waals surface area contributed by atoms with Gasteiger partial charge in [0.05, 0.1) is 10.6 Å². The maximum atomic E-state index is 13.4. The van der Waals surface area contributed by atoms with Crippen LogP contribution in [0.3, 0.4) is 0 Å². The van der Waals surface area contributed by atoms with E-state index in [1.165, 1.54) is 15.9 Å². The van der Waals surface area contributed by atoms with Crippen molar-refractivity contribution in [1.29, 1.82) is 0 Å². The average Bonchev–Trinajstić information content (AvgIpc) is 2.83. The van der Waals surface area contributed by atoms with Gasteiger partial charge in [-0.25, -0.2) is 8.42 Å². The van der Waals surface area contributed by atoms with Crippen molar-refractivity contribution in [1.82, 2.24) is 4.31 Å². The lowest BCUT2D eigenvalue weighted by Gasteiger charge is -2.32. The number of ether oxygens (including phenoxy) is 1. The van der Waals surface area contributed by atoms with Gasteiger partial charge in [-0.2, -0.15) is 4.31 Å². The normalized spacial score (nSPS) is 19.1. The molecule has 2 amide bonds. The Kier molecular flexibility index (Phi) is 6.95. The Hall–Kier alpha value is -2.91. The van der Waals surface area contributed by atoms with Crippen LogP contribution in [0, 0.1) is 12.8 Å². The third-order valence-electron chi connectivity index (χ3n) is 6.54. The predicted molar refractivity (Wildman–Crippen MR) is 130 cm³/mol. The number of carbonyl (C=O) groups excluding carboxylic acids is 2. The number of nitrogens with zero attached hydrogens (tertiary/aromatic N) is 1. The zero-order valence-electron chi connectivity index (χ0n) is 19.8. The molecule has 2 aromatic carbocycles. The Morgan fingerprint density at radius 1 is 1.15 bits per heavy atom. The van der Waals surface area contributed by atoms with Crippen LogP contribution in [-0.4, -0.2) is 43.7 Å². The molecule has 0 radical (unpaired) electrons. The van der Waals surface area contributed by atoms with Crippen LogP contribution >= 0.6 is 0 Å². The van der Waals surface area contributed by atoms with Gasteiger partial charge in [-0.15, -0.1) is 0 Å². The molecule has 1 saturated heterocycles. The quantitative estimate of drug-likeness (QED) is 0.649. The predicted octanol–water partition coefficient (Wildman–Crippen LogP) is 3.71. The fourth-order valence-corrected chi connectivity index (χ4v) is 6.09. The molecular weight excluding hydrogens is 454 g/mol. The molecule has 2 heterocycles. The first kappa shape index (κ1) is 24.2. The fraction of sp³-hybridized carbons (Fsp3) is 0.440. The molecule has 1 atom stereocenters. The zero-order chi connectivity index (χ0) is 24.5. The molecule has 0 aliphatic carbocycles. The van der Waals surface area contributed by atoms with Crippen LogP contribution in [0.4, 0.5) is 11.4 Å². The van der Waals surface area contributed by atoms with Crippen molar-refractivity contribution >= 4 is 33.2 Å². The molecule has 0 unspecified atom stereocenters. The third-order valence-corrected chi connectivity index (χ3v) is 8.58. The summed E-state index contributed by atoms with van der Waals surface area (Å²) < 4.78 is 34.0. The summed E-state index contributed by atoms with van der Waals surface area (Å²) in [6.07, 6.45) is 1.68. The molecule has 34 heavy (non-hydrogen) atoms. The van der Waals surface area contributed by atoms with Crippen molar-refractivity contribution in [2.24, 2.45) is 5.92 Å². The van der Waals surface area contributed by atoms with Crippen LogP contribution < -0.4 is 15.4 Å². The van der Waals surface area contributed by atoms with E-state index < -0.39 is 16.1 Å². The number of fused-ring (bicyclic) bond motifs is 1. The van der Waals surface area contributed by atoms with Crippen molar-refractivity contribution in [3.63, 3.8) is 0 Å². The van der Waals surface area contributed by atoms with Gasteiger partial charge in [0.15, 0.2) is 6.10 Å². The minimum absolute atomic E-state index is 0.0824. The van der Waals surface area contributed by atoms with E-state index in [9.17, 15) is 18.0 Å².